The molecule has 0 fully saturated rings. The van der Waals surface area contributed by atoms with E-state index in [0.29, 0.717) is 11.3 Å². The molecule has 132 valence electrons. The van der Waals surface area contributed by atoms with Gasteiger partial charge in [0.05, 0.1) is 5.56 Å². The first-order chi connectivity index (χ1) is 11.4. The van der Waals surface area contributed by atoms with Crippen molar-refractivity contribution in [1.82, 2.24) is 5.32 Å². The number of unbranched alkanes of at least 4 members (excludes halogenated alkanes) is 1. The van der Waals surface area contributed by atoms with Gasteiger partial charge in [-0.1, -0.05) is 39.3 Å². The van der Waals surface area contributed by atoms with E-state index in [1.165, 1.54) is 0 Å². The predicted molar refractivity (Wildman–Crippen MR) is 91.6 cm³/mol. The Morgan fingerprint density at radius 1 is 1.21 bits per heavy atom. The number of carbonyl (C=O) groups excluding carboxylic acids is 3. The zero-order chi connectivity index (χ0) is 18.1. The van der Waals surface area contributed by atoms with Crippen molar-refractivity contribution in [3.05, 3.63) is 29.8 Å². The van der Waals surface area contributed by atoms with Crippen LogP contribution in [0.3, 0.4) is 0 Å². The van der Waals surface area contributed by atoms with E-state index in [0.717, 1.165) is 19.4 Å². The van der Waals surface area contributed by atoms with Crippen LogP contribution < -0.4 is 16.4 Å². The summed E-state index contributed by atoms with van der Waals surface area (Å²) in [5, 5.41) is 5.13. The van der Waals surface area contributed by atoms with Gasteiger partial charge in [0.1, 0.15) is 0 Å². The number of hydrogen-bond acceptors (Lipinski definition) is 5. The molecule has 0 saturated carbocycles. The topological polar surface area (TPSA) is 111 Å². The van der Waals surface area contributed by atoms with Crippen LogP contribution in [0.5, 0.6) is 0 Å². The van der Waals surface area contributed by atoms with Crippen LogP contribution >= 0.6 is 0 Å². The first-order valence-electron chi connectivity index (χ1n) is 8.01. The van der Waals surface area contributed by atoms with Gasteiger partial charge in [-0.05, 0) is 24.5 Å². The van der Waals surface area contributed by atoms with E-state index in [9.17, 15) is 14.4 Å². The number of ether oxygens (including phenoxy) is 1. The summed E-state index contributed by atoms with van der Waals surface area (Å²) in [6, 6.07) is 5.95. The number of nitrogens with two attached hydrogens (primary N) is 1. The first-order valence-corrected chi connectivity index (χ1v) is 8.01. The normalized spacial score (nSPS) is 11.7. The van der Waals surface area contributed by atoms with Gasteiger partial charge in [-0.25, -0.2) is 9.59 Å². The summed E-state index contributed by atoms with van der Waals surface area (Å²) < 4.78 is 5.31. The molecule has 3 amide bonds. The zero-order valence-electron chi connectivity index (χ0n) is 14.3. The van der Waals surface area contributed by atoms with E-state index in [4.69, 9.17) is 10.5 Å². The Morgan fingerprint density at radius 2 is 1.88 bits per heavy atom. The van der Waals surface area contributed by atoms with Gasteiger partial charge in [-0.2, -0.15) is 0 Å². The highest BCUT2D eigenvalue weighted by atomic mass is 16.5. The number of rotatable bonds is 8. The molecule has 4 N–H and O–H groups in total. The lowest BCUT2D eigenvalue weighted by Gasteiger charge is -2.20. The van der Waals surface area contributed by atoms with Crippen LogP contribution in [0.1, 0.15) is 44.0 Å². The summed E-state index contributed by atoms with van der Waals surface area (Å²) >= 11 is 0. The fourth-order valence-electron chi connectivity index (χ4n) is 2.08. The molecule has 0 aliphatic heterocycles. The number of anilines is 1. The number of imide groups is 1. The van der Waals surface area contributed by atoms with Crippen molar-refractivity contribution in [2.45, 2.75) is 39.7 Å². The molecule has 1 atom stereocenters. The standard InChI is InChI=1S/C17H25N3O4/c1-4-5-10-19-13-9-7-6-8-12(13)16(22)24-14(11(2)3)15(21)20-17(18)23/h6-9,11,14,19H,4-5,10H2,1-3H3,(H3,18,20,21,23)/t14-/m1/s1. The number of carbonyl (C=O) groups is 3. The van der Waals surface area contributed by atoms with Crippen LogP contribution in [-0.4, -0.2) is 30.6 Å². The van der Waals surface area contributed by atoms with Crippen LogP contribution in [0.25, 0.3) is 0 Å². The number of esters is 1. The average Bonchev–Trinajstić information content (AvgIpc) is 2.52. The SMILES string of the molecule is CCCCNc1ccccc1C(=O)O[C@@H](C(=O)NC(N)=O)C(C)C. The second kappa shape index (κ2) is 9.54. The van der Waals surface area contributed by atoms with Crippen molar-refractivity contribution in [2.24, 2.45) is 11.7 Å². The molecule has 7 nitrogen and oxygen atoms in total. The molecule has 0 saturated heterocycles. The summed E-state index contributed by atoms with van der Waals surface area (Å²) in [5.41, 5.74) is 5.93. The van der Waals surface area contributed by atoms with Crippen LogP contribution in [-0.2, 0) is 9.53 Å². The Morgan fingerprint density at radius 3 is 2.46 bits per heavy atom. The Balaban J connectivity index is 2.88. The molecule has 0 bridgehead atoms. The molecule has 1 aromatic rings. The van der Waals surface area contributed by atoms with E-state index in [1.807, 2.05) is 11.4 Å². The Kier molecular flexibility index (Phi) is 7.74. The lowest BCUT2D eigenvalue weighted by atomic mass is 10.1. The molecular weight excluding hydrogens is 310 g/mol. The highest BCUT2D eigenvalue weighted by Crippen LogP contribution is 2.19. The number of nitrogens with one attached hydrogen (secondary N) is 2. The Bertz CT molecular complexity index is 587. The Labute approximate surface area is 141 Å². The first kappa shape index (κ1) is 19.5. The maximum Gasteiger partial charge on any atom is 0.341 e. The molecule has 1 rings (SSSR count). The second-order valence-corrected chi connectivity index (χ2v) is 5.75. The fourth-order valence-corrected chi connectivity index (χ4v) is 2.08. The lowest BCUT2D eigenvalue weighted by Crippen LogP contribution is -2.45. The van der Waals surface area contributed by atoms with E-state index in [2.05, 4.69) is 12.2 Å². The Hall–Kier alpha value is -2.57. The number of para-hydroxylation sites is 1. The van der Waals surface area contributed by atoms with Crippen molar-refractivity contribution in [3.63, 3.8) is 0 Å². The van der Waals surface area contributed by atoms with Crippen molar-refractivity contribution in [1.29, 1.82) is 0 Å². The summed E-state index contributed by atoms with van der Waals surface area (Å²) in [5.74, 6) is -1.68. The summed E-state index contributed by atoms with van der Waals surface area (Å²) in [4.78, 5) is 35.2. The molecule has 0 unspecified atom stereocenters. The molecule has 0 spiro atoms. The number of urea groups is 1. The molecule has 0 aromatic heterocycles. The lowest BCUT2D eigenvalue weighted by molar-refractivity contribution is -0.130. The summed E-state index contributed by atoms with van der Waals surface area (Å²) in [6.45, 7) is 6.23. The van der Waals surface area contributed by atoms with Crippen molar-refractivity contribution in [3.8, 4) is 0 Å². The van der Waals surface area contributed by atoms with Gasteiger partial charge in [0.15, 0.2) is 6.10 Å². The molecule has 1 aromatic carbocycles. The number of benzene rings is 1. The van der Waals surface area contributed by atoms with Crippen LogP contribution in [0, 0.1) is 5.92 Å². The van der Waals surface area contributed by atoms with E-state index in [-0.39, 0.29) is 5.92 Å². The number of amides is 3. The van der Waals surface area contributed by atoms with Gasteiger partial charge in [0, 0.05) is 12.2 Å². The predicted octanol–water partition coefficient (Wildman–Crippen LogP) is 2.27. The molecule has 24 heavy (non-hydrogen) atoms. The largest absolute Gasteiger partial charge is 0.448 e. The highest BCUT2D eigenvalue weighted by molar-refractivity contribution is 6.00. The number of primary amides is 1. The van der Waals surface area contributed by atoms with E-state index >= 15 is 0 Å². The minimum absolute atomic E-state index is 0.312. The van der Waals surface area contributed by atoms with Gasteiger partial charge in [-0.3, -0.25) is 10.1 Å². The fraction of sp³-hybridized carbons (Fsp3) is 0.471. The average molecular weight is 335 g/mol. The molecule has 0 aliphatic carbocycles. The van der Waals surface area contributed by atoms with Gasteiger partial charge in [0.25, 0.3) is 5.91 Å². The molecule has 0 radical (unpaired) electrons. The van der Waals surface area contributed by atoms with Gasteiger partial charge in [0.2, 0.25) is 0 Å². The maximum absolute atomic E-state index is 12.4. The van der Waals surface area contributed by atoms with Crippen LogP contribution in [0.15, 0.2) is 24.3 Å². The van der Waals surface area contributed by atoms with Crippen molar-refractivity contribution < 1.29 is 19.1 Å². The quantitative estimate of drug-likeness (QED) is 0.498. The second-order valence-electron chi connectivity index (χ2n) is 5.75. The third-order valence-corrected chi connectivity index (χ3v) is 3.34. The maximum atomic E-state index is 12.4. The summed E-state index contributed by atoms with van der Waals surface area (Å²) in [7, 11) is 0. The molecule has 0 heterocycles. The van der Waals surface area contributed by atoms with Gasteiger partial charge >= 0.3 is 12.0 Å². The summed E-state index contributed by atoms with van der Waals surface area (Å²) in [6.07, 6.45) is 0.898. The minimum Gasteiger partial charge on any atom is -0.448 e. The van der Waals surface area contributed by atoms with Crippen LogP contribution in [0.2, 0.25) is 0 Å². The van der Waals surface area contributed by atoms with Crippen molar-refractivity contribution in [2.75, 3.05) is 11.9 Å². The third-order valence-electron chi connectivity index (χ3n) is 3.34. The van der Waals surface area contributed by atoms with E-state index < -0.39 is 24.0 Å². The molecular formula is C17H25N3O4. The zero-order valence-corrected chi connectivity index (χ0v) is 14.3. The molecule has 0 aliphatic rings. The van der Waals surface area contributed by atoms with E-state index in [1.54, 1.807) is 32.0 Å². The monoisotopic (exact) mass is 335 g/mol. The minimum atomic E-state index is -1.10. The number of hydrogen-bond donors (Lipinski definition) is 3. The smallest absolute Gasteiger partial charge is 0.341 e. The van der Waals surface area contributed by atoms with Gasteiger partial charge in [-0.15, -0.1) is 0 Å². The third kappa shape index (κ3) is 5.91. The van der Waals surface area contributed by atoms with Crippen molar-refractivity contribution >= 4 is 23.6 Å². The molecule has 7 heteroatoms. The highest BCUT2D eigenvalue weighted by Gasteiger charge is 2.28. The van der Waals surface area contributed by atoms with Crippen LogP contribution in [0.4, 0.5) is 10.5 Å². The van der Waals surface area contributed by atoms with Gasteiger partial charge < -0.3 is 15.8 Å².